The first-order chi connectivity index (χ1) is 11.7. The predicted octanol–water partition coefficient (Wildman–Crippen LogP) is 3.73. The lowest BCUT2D eigenvalue weighted by molar-refractivity contribution is 0.0620. The molecule has 24 heavy (non-hydrogen) atoms. The van der Waals surface area contributed by atoms with E-state index in [2.05, 4.69) is 4.99 Å². The van der Waals surface area contributed by atoms with Gasteiger partial charge in [-0.3, -0.25) is 9.79 Å². The highest BCUT2D eigenvalue weighted by Crippen LogP contribution is 2.50. The molecular formula is C20H18N2O2. The number of phenolic OH excluding ortho intramolecular Hbond substituents is 1. The van der Waals surface area contributed by atoms with E-state index in [1.807, 2.05) is 41.4 Å². The number of amides is 1. The summed E-state index contributed by atoms with van der Waals surface area (Å²) in [5, 5.41) is 9.77. The van der Waals surface area contributed by atoms with Gasteiger partial charge in [-0.1, -0.05) is 6.07 Å². The van der Waals surface area contributed by atoms with Crippen molar-refractivity contribution in [1.29, 1.82) is 0 Å². The smallest absolute Gasteiger partial charge is 0.254 e. The van der Waals surface area contributed by atoms with Crippen LogP contribution in [0.15, 0.2) is 41.4 Å². The van der Waals surface area contributed by atoms with Crippen molar-refractivity contribution < 1.29 is 9.90 Å². The van der Waals surface area contributed by atoms with E-state index in [4.69, 9.17) is 0 Å². The molecule has 0 spiro atoms. The van der Waals surface area contributed by atoms with Crippen LogP contribution in [0.25, 0.3) is 0 Å². The number of benzene rings is 2. The Morgan fingerprint density at radius 3 is 3.00 bits per heavy atom. The summed E-state index contributed by atoms with van der Waals surface area (Å²) < 4.78 is 0. The fraction of sp³-hybridized carbons (Fsp3) is 0.300. The molecule has 2 aromatic rings. The second kappa shape index (κ2) is 4.94. The van der Waals surface area contributed by atoms with Crippen LogP contribution in [0.2, 0.25) is 0 Å². The van der Waals surface area contributed by atoms with Crippen LogP contribution in [0.3, 0.4) is 0 Å². The number of nitrogens with zero attached hydrogens (tertiary/aromatic N) is 2. The first-order valence-electron chi connectivity index (χ1n) is 8.50. The third-order valence-electron chi connectivity index (χ3n) is 5.60. The van der Waals surface area contributed by atoms with Crippen molar-refractivity contribution in [3.05, 3.63) is 58.7 Å². The molecule has 1 saturated heterocycles. The zero-order chi connectivity index (χ0) is 16.3. The summed E-state index contributed by atoms with van der Waals surface area (Å²) in [7, 11) is 0. The van der Waals surface area contributed by atoms with Gasteiger partial charge in [0, 0.05) is 24.7 Å². The number of rotatable bonds is 1. The monoisotopic (exact) mass is 318 g/mol. The lowest BCUT2D eigenvalue weighted by Crippen LogP contribution is -2.37. The zero-order valence-electron chi connectivity index (χ0n) is 13.3. The number of phenols is 1. The molecule has 120 valence electrons. The quantitative estimate of drug-likeness (QED) is 0.871. The van der Waals surface area contributed by atoms with E-state index >= 15 is 0 Å². The third kappa shape index (κ3) is 1.92. The van der Waals surface area contributed by atoms with Gasteiger partial charge in [0.1, 0.15) is 5.75 Å². The van der Waals surface area contributed by atoms with Crippen LogP contribution in [0.4, 0.5) is 5.69 Å². The minimum absolute atomic E-state index is 0.106. The van der Waals surface area contributed by atoms with Gasteiger partial charge >= 0.3 is 0 Å². The van der Waals surface area contributed by atoms with Gasteiger partial charge in [-0.05, 0) is 65.8 Å². The SMILES string of the molecule is O=C(c1ccc2c(c1)CC=N2)N1CCC2CC1c1ccc(O)cc12. The van der Waals surface area contributed by atoms with Gasteiger partial charge in [0.05, 0.1) is 11.7 Å². The van der Waals surface area contributed by atoms with E-state index in [0.29, 0.717) is 11.7 Å². The Morgan fingerprint density at radius 1 is 1.17 bits per heavy atom. The number of carbonyl (C=O) groups is 1. The Kier molecular flexibility index (Phi) is 2.84. The van der Waals surface area contributed by atoms with Gasteiger partial charge in [0.2, 0.25) is 0 Å². The number of likely N-dealkylation sites (tertiary alicyclic amines) is 1. The summed E-state index contributed by atoms with van der Waals surface area (Å²) in [6, 6.07) is 11.6. The summed E-state index contributed by atoms with van der Waals surface area (Å²) in [6.07, 6.45) is 4.64. The van der Waals surface area contributed by atoms with Gasteiger partial charge < -0.3 is 10.0 Å². The molecule has 0 aromatic heterocycles. The largest absolute Gasteiger partial charge is 0.508 e. The molecule has 1 amide bonds. The molecule has 2 aromatic carbocycles. The number of aromatic hydroxyl groups is 1. The highest BCUT2D eigenvalue weighted by molar-refractivity contribution is 5.96. The maximum atomic E-state index is 13.1. The van der Waals surface area contributed by atoms with E-state index in [0.717, 1.165) is 42.6 Å². The Labute approximate surface area is 140 Å². The van der Waals surface area contributed by atoms with Gasteiger partial charge in [-0.2, -0.15) is 0 Å². The van der Waals surface area contributed by atoms with Crippen LogP contribution in [-0.2, 0) is 6.42 Å². The lowest BCUT2D eigenvalue weighted by Gasteiger charge is -2.34. The predicted molar refractivity (Wildman–Crippen MR) is 92.2 cm³/mol. The van der Waals surface area contributed by atoms with Crippen molar-refractivity contribution in [3.8, 4) is 5.75 Å². The molecule has 1 fully saturated rings. The molecule has 2 aliphatic heterocycles. The molecule has 2 atom stereocenters. The van der Waals surface area contributed by atoms with Gasteiger partial charge in [-0.15, -0.1) is 0 Å². The van der Waals surface area contributed by atoms with Crippen LogP contribution in [-0.4, -0.2) is 28.7 Å². The molecule has 4 heteroatoms. The molecule has 3 aliphatic rings. The Hall–Kier alpha value is -2.62. The highest BCUT2D eigenvalue weighted by atomic mass is 16.3. The van der Waals surface area contributed by atoms with Crippen molar-refractivity contribution in [3.63, 3.8) is 0 Å². The van der Waals surface area contributed by atoms with E-state index in [9.17, 15) is 9.90 Å². The standard InChI is InChI=1S/C20H18N2O2/c23-15-2-3-16-17(11-15)12-6-8-22(19(16)10-12)20(24)14-1-4-18-13(9-14)5-7-21-18/h1-4,7,9,11-12,19,23H,5-6,8,10H2. The second-order valence-corrected chi connectivity index (χ2v) is 6.91. The molecule has 0 saturated carbocycles. The summed E-state index contributed by atoms with van der Waals surface area (Å²) >= 11 is 0. The molecule has 0 radical (unpaired) electrons. The molecule has 2 heterocycles. The second-order valence-electron chi connectivity index (χ2n) is 6.91. The minimum Gasteiger partial charge on any atom is -0.508 e. The lowest BCUT2D eigenvalue weighted by atomic mass is 9.95. The fourth-order valence-electron chi connectivity index (χ4n) is 4.42. The first-order valence-corrected chi connectivity index (χ1v) is 8.50. The summed E-state index contributed by atoms with van der Waals surface area (Å²) in [6.45, 7) is 0.775. The van der Waals surface area contributed by atoms with Crippen molar-refractivity contribution in [2.45, 2.75) is 31.2 Å². The van der Waals surface area contributed by atoms with Gasteiger partial charge in [-0.25, -0.2) is 0 Å². The molecular weight excluding hydrogens is 300 g/mol. The average Bonchev–Trinajstić information content (AvgIpc) is 3.17. The van der Waals surface area contributed by atoms with Crippen LogP contribution in [0.5, 0.6) is 5.75 Å². The van der Waals surface area contributed by atoms with Crippen LogP contribution >= 0.6 is 0 Å². The van der Waals surface area contributed by atoms with Gasteiger partial charge in [0.15, 0.2) is 0 Å². The molecule has 2 bridgehead atoms. The van der Waals surface area contributed by atoms with Crippen molar-refractivity contribution in [1.82, 2.24) is 4.90 Å². The highest BCUT2D eigenvalue weighted by Gasteiger charge is 2.41. The molecule has 1 aliphatic carbocycles. The van der Waals surface area contributed by atoms with E-state index in [-0.39, 0.29) is 11.9 Å². The third-order valence-corrected chi connectivity index (χ3v) is 5.60. The average molecular weight is 318 g/mol. The Bertz CT molecular complexity index is 887. The maximum Gasteiger partial charge on any atom is 0.254 e. The van der Waals surface area contributed by atoms with E-state index in [1.165, 1.54) is 11.1 Å². The minimum atomic E-state index is 0.106. The number of aliphatic imine (C=N–C) groups is 1. The van der Waals surface area contributed by atoms with Crippen LogP contribution < -0.4 is 0 Å². The number of fused-ring (bicyclic) bond motifs is 6. The topological polar surface area (TPSA) is 52.9 Å². The summed E-state index contributed by atoms with van der Waals surface area (Å²) in [5.41, 5.74) is 5.29. The zero-order valence-corrected chi connectivity index (χ0v) is 13.3. The Balaban J connectivity index is 1.49. The molecule has 2 unspecified atom stereocenters. The number of hydrogen-bond donors (Lipinski definition) is 1. The van der Waals surface area contributed by atoms with Crippen molar-refractivity contribution in [2.75, 3.05) is 6.54 Å². The normalized spacial score (nSPS) is 23.2. The molecule has 4 nitrogen and oxygen atoms in total. The maximum absolute atomic E-state index is 13.1. The van der Waals surface area contributed by atoms with Crippen LogP contribution in [0, 0.1) is 0 Å². The van der Waals surface area contributed by atoms with Crippen LogP contribution in [0.1, 0.15) is 51.8 Å². The summed E-state index contributed by atoms with van der Waals surface area (Å²) in [4.78, 5) is 19.4. The van der Waals surface area contributed by atoms with E-state index < -0.39 is 0 Å². The van der Waals surface area contributed by atoms with E-state index in [1.54, 1.807) is 6.07 Å². The number of piperidine rings is 1. The van der Waals surface area contributed by atoms with Gasteiger partial charge in [0.25, 0.3) is 5.91 Å². The first kappa shape index (κ1) is 13.8. The summed E-state index contributed by atoms with van der Waals surface area (Å²) in [5.74, 6) is 0.890. The molecule has 5 rings (SSSR count). The number of hydrogen-bond acceptors (Lipinski definition) is 3. The molecule has 1 N–H and O–H groups in total. The number of carbonyl (C=O) groups excluding carboxylic acids is 1. The fourth-order valence-corrected chi connectivity index (χ4v) is 4.42. The Morgan fingerprint density at radius 2 is 2.08 bits per heavy atom. The van der Waals surface area contributed by atoms with Crippen molar-refractivity contribution in [2.24, 2.45) is 4.99 Å². The van der Waals surface area contributed by atoms with Crippen molar-refractivity contribution >= 4 is 17.8 Å².